The topological polar surface area (TPSA) is 66.5 Å². The molecule has 0 radical (unpaired) electrons. The Morgan fingerprint density at radius 2 is 2.29 bits per heavy atom. The van der Waals surface area contributed by atoms with Crippen molar-refractivity contribution in [2.75, 3.05) is 33.8 Å². The molecular formula is C18H28N4O2. The molecule has 2 aliphatic rings. The van der Waals surface area contributed by atoms with Gasteiger partial charge in [0.1, 0.15) is 0 Å². The Morgan fingerprint density at radius 1 is 1.46 bits per heavy atom. The molecule has 1 saturated heterocycles. The Bertz CT molecular complexity index is 542. The smallest absolute Gasteiger partial charge is 0.314 e. The van der Waals surface area contributed by atoms with Crippen LogP contribution in [0.5, 0.6) is 0 Å². The maximum absolute atomic E-state index is 12.1. The normalized spacial score (nSPS) is 25.9. The number of carbonyl (C=O) groups excluding carboxylic acids is 1. The third-order valence-electron chi connectivity index (χ3n) is 5.59. The summed E-state index contributed by atoms with van der Waals surface area (Å²) in [6.07, 6.45) is 8.04. The number of hydrogen-bond acceptors (Lipinski definition) is 4. The first-order chi connectivity index (χ1) is 11.6. The van der Waals surface area contributed by atoms with Crippen LogP contribution in [0, 0.1) is 5.92 Å². The Balaban J connectivity index is 1.49. The van der Waals surface area contributed by atoms with Crippen molar-refractivity contribution in [3.8, 4) is 0 Å². The maximum atomic E-state index is 12.1. The lowest BCUT2D eigenvalue weighted by atomic mass is 9.80. The first kappa shape index (κ1) is 17.2. The van der Waals surface area contributed by atoms with Crippen molar-refractivity contribution in [2.45, 2.75) is 37.3 Å². The second-order valence-corrected chi connectivity index (χ2v) is 7.06. The molecule has 0 aromatic carbocycles. The summed E-state index contributed by atoms with van der Waals surface area (Å²) in [4.78, 5) is 18.7. The van der Waals surface area contributed by atoms with Gasteiger partial charge in [-0.25, -0.2) is 4.79 Å². The molecule has 3 rings (SSSR count). The first-order valence-corrected chi connectivity index (χ1v) is 8.80. The van der Waals surface area contributed by atoms with E-state index in [0.29, 0.717) is 25.0 Å². The van der Waals surface area contributed by atoms with Gasteiger partial charge in [0.2, 0.25) is 0 Å². The molecule has 6 heteroatoms. The molecule has 1 aromatic heterocycles. The molecule has 2 atom stereocenters. The number of likely N-dealkylation sites (tertiary alicyclic amines) is 1. The number of methoxy groups -OCH3 is 1. The number of amides is 2. The van der Waals surface area contributed by atoms with Crippen LogP contribution in [0.25, 0.3) is 0 Å². The third-order valence-corrected chi connectivity index (χ3v) is 5.59. The van der Waals surface area contributed by atoms with E-state index in [2.05, 4.69) is 33.6 Å². The Hall–Kier alpha value is -1.66. The van der Waals surface area contributed by atoms with Gasteiger partial charge in [-0.05, 0) is 56.8 Å². The van der Waals surface area contributed by atoms with Crippen molar-refractivity contribution in [1.29, 1.82) is 0 Å². The van der Waals surface area contributed by atoms with Gasteiger partial charge in [0.05, 0.1) is 5.60 Å². The van der Waals surface area contributed by atoms with Crippen molar-refractivity contribution in [3.05, 3.63) is 30.1 Å². The van der Waals surface area contributed by atoms with Crippen molar-refractivity contribution in [2.24, 2.45) is 5.92 Å². The highest BCUT2D eigenvalue weighted by Gasteiger charge is 2.37. The number of nitrogens with zero attached hydrogens (tertiary/aromatic N) is 2. The fraction of sp³-hybridized carbons (Fsp3) is 0.667. The quantitative estimate of drug-likeness (QED) is 0.835. The molecule has 24 heavy (non-hydrogen) atoms. The minimum Gasteiger partial charge on any atom is -0.376 e. The van der Waals surface area contributed by atoms with Crippen LogP contribution in [0.4, 0.5) is 4.79 Å². The fourth-order valence-corrected chi connectivity index (χ4v) is 3.87. The predicted molar refractivity (Wildman–Crippen MR) is 92.7 cm³/mol. The largest absolute Gasteiger partial charge is 0.376 e. The zero-order valence-electron chi connectivity index (χ0n) is 14.6. The van der Waals surface area contributed by atoms with Crippen molar-refractivity contribution < 1.29 is 9.53 Å². The van der Waals surface area contributed by atoms with Crippen LogP contribution in [0.2, 0.25) is 0 Å². The Kier molecular flexibility index (Phi) is 5.36. The lowest BCUT2D eigenvalue weighted by Crippen LogP contribution is -2.51. The third kappa shape index (κ3) is 3.70. The predicted octanol–water partition coefficient (Wildman–Crippen LogP) is 1.94. The average molecular weight is 332 g/mol. The fourth-order valence-electron chi connectivity index (χ4n) is 3.87. The summed E-state index contributed by atoms with van der Waals surface area (Å²) in [5, 5.41) is 6.00. The van der Waals surface area contributed by atoms with Crippen LogP contribution in [0.15, 0.2) is 24.5 Å². The minimum atomic E-state index is -0.136. The molecule has 1 aliphatic heterocycles. The van der Waals surface area contributed by atoms with Gasteiger partial charge in [-0.1, -0.05) is 6.07 Å². The summed E-state index contributed by atoms with van der Waals surface area (Å²) in [5.74, 6) is 0.407. The second kappa shape index (κ2) is 7.49. The van der Waals surface area contributed by atoms with Crippen molar-refractivity contribution >= 4 is 6.03 Å². The van der Waals surface area contributed by atoms with Gasteiger partial charge in [0, 0.05) is 38.6 Å². The van der Waals surface area contributed by atoms with E-state index in [1.54, 1.807) is 13.3 Å². The number of urea groups is 1. The van der Waals surface area contributed by atoms with Gasteiger partial charge >= 0.3 is 6.03 Å². The molecule has 1 saturated carbocycles. The molecule has 132 valence electrons. The molecule has 6 nitrogen and oxygen atoms in total. The first-order valence-electron chi connectivity index (χ1n) is 8.80. The van der Waals surface area contributed by atoms with E-state index in [9.17, 15) is 4.79 Å². The number of rotatable bonds is 6. The van der Waals surface area contributed by atoms with Gasteiger partial charge < -0.3 is 15.4 Å². The molecule has 1 aliphatic carbocycles. The van der Waals surface area contributed by atoms with Gasteiger partial charge in [0.25, 0.3) is 0 Å². The van der Waals surface area contributed by atoms with Crippen LogP contribution in [0.1, 0.15) is 37.3 Å². The van der Waals surface area contributed by atoms with E-state index >= 15 is 0 Å². The van der Waals surface area contributed by atoms with Crippen LogP contribution < -0.4 is 10.6 Å². The number of ether oxygens (including phenoxy) is 1. The molecule has 0 bridgehead atoms. The van der Waals surface area contributed by atoms with Crippen LogP contribution in [0.3, 0.4) is 0 Å². The van der Waals surface area contributed by atoms with Crippen LogP contribution >= 0.6 is 0 Å². The summed E-state index contributed by atoms with van der Waals surface area (Å²) in [6.45, 7) is 2.31. The van der Waals surface area contributed by atoms with E-state index < -0.39 is 0 Å². The summed E-state index contributed by atoms with van der Waals surface area (Å²) < 4.78 is 5.53. The lowest BCUT2D eigenvalue weighted by Gasteiger charge is -2.40. The molecule has 2 N–H and O–H groups in total. The minimum absolute atomic E-state index is 0.0992. The second-order valence-electron chi connectivity index (χ2n) is 7.06. The van der Waals surface area contributed by atoms with Gasteiger partial charge in [-0.3, -0.25) is 9.88 Å². The van der Waals surface area contributed by atoms with E-state index in [0.717, 1.165) is 25.8 Å². The van der Waals surface area contributed by atoms with E-state index in [1.807, 2.05) is 12.3 Å². The molecular weight excluding hydrogens is 304 g/mol. The van der Waals surface area contributed by atoms with Crippen molar-refractivity contribution in [3.63, 3.8) is 0 Å². The lowest BCUT2D eigenvalue weighted by molar-refractivity contribution is -0.0674. The SMILES string of the molecule is COC1(CNC(=O)NC[C@@H]2CCN(C)[C@H]2c2cccnc2)CCC1. The van der Waals surface area contributed by atoms with Gasteiger partial charge in [0.15, 0.2) is 0 Å². The number of nitrogens with one attached hydrogen (secondary N) is 2. The highest BCUT2D eigenvalue weighted by atomic mass is 16.5. The molecule has 2 heterocycles. The van der Waals surface area contributed by atoms with Gasteiger partial charge in [-0.2, -0.15) is 0 Å². The molecule has 0 spiro atoms. The molecule has 2 amide bonds. The average Bonchev–Trinajstić information content (AvgIpc) is 2.94. The van der Waals surface area contributed by atoms with E-state index in [1.165, 1.54) is 12.0 Å². The van der Waals surface area contributed by atoms with Gasteiger partial charge in [-0.15, -0.1) is 0 Å². The highest BCUT2D eigenvalue weighted by Crippen LogP contribution is 2.35. The van der Waals surface area contributed by atoms with Crippen LogP contribution in [-0.2, 0) is 4.74 Å². The summed E-state index contributed by atoms with van der Waals surface area (Å²) >= 11 is 0. The number of aromatic nitrogens is 1. The Morgan fingerprint density at radius 3 is 2.92 bits per heavy atom. The highest BCUT2D eigenvalue weighted by molar-refractivity contribution is 5.73. The summed E-state index contributed by atoms with van der Waals surface area (Å²) in [7, 11) is 3.86. The summed E-state index contributed by atoms with van der Waals surface area (Å²) in [6, 6.07) is 4.31. The molecule has 2 fully saturated rings. The number of carbonyl (C=O) groups is 1. The number of pyridine rings is 1. The summed E-state index contributed by atoms with van der Waals surface area (Å²) in [5.41, 5.74) is 1.08. The zero-order chi connectivity index (χ0) is 17.0. The zero-order valence-corrected chi connectivity index (χ0v) is 14.6. The number of hydrogen-bond donors (Lipinski definition) is 2. The van der Waals surface area contributed by atoms with E-state index in [4.69, 9.17) is 4.74 Å². The maximum Gasteiger partial charge on any atom is 0.314 e. The van der Waals surface area contributed by atoms with E-state index in [-0.39, 0.29) is 11.6 Å². The van der Waals surface area contributed by atoms with Crippen LogP contribution in [-0.4, -0.2) is 55.3 Å². The Labute approximate surface area is 144 Å². The standard InChI is InChI=1S/C18H28N4O2/c1-22-10-6-15(16(22)14-5-3-9-19-11-14)12-20-17(23)21-13-18(24-2)7-4-8-18/h3,5,9,11,15-16H,4,6-8,10,12-13H2,1-2H3,(H2,20,21,23)/t15-,16-/m0/s1. The monoisotopic (exact) mass is 332 g/mol. The van der Waals surface area contributed by atoms with Crippen molar-refractivity contribution in [1.82, 2.24) is 20.5 Å². The molecule has 1 aromatic rings. The molecule has 0 unspecified atom stereocenters.